The van der Waals surface area contributed by atoms with Crippen molar-refractivity contribution in [3.63, 3.8) is 0 Å². The van der Waals surface area contributed by atoms with Crippen LogP contribution in [0.3, 0.4) is 0 Å². The number of hydrogen-bond acceptors (Lipinski definition) is 1. The third-order valence-electron chi connectivity index (χ3n) is 1.20. The molecule has 2 nitrogen and oxygen atoms in total. The van der Waals surface area contributed by atoms with Crippen LogP contribution >= 0.6 is 11.6 Å². The normalized spacial score (nSPS) is 10.8. The van der Waals surface area contributed by atoms with E-state index in [4.69, 9.17) is 11.6 Å². The summed E-state index contributed by atoms with van der Waals surface area (Å²) in [6, 6.07) is 0.566. The predicted molar refractivity (Wildman–Crippen MR) is 37.0 cm³/mol. The van der Waals surface area contributed by atoms with Gasteiger partial charge >= 0.3 is 0 Å². The van der Waals surface area contributed by atoms with Crippen molar-refractivity contribution in [1.82, 2.24) is 4.98 Å². The molecule has 0 aliphatic heterocycles. The Labute approximate surface area is 70.0 Å². The first kappa shape index (κ1) is 9.12. The first-order valence-electron chi connectivity index (χ1n) is 2.88. The maximum absolute atomic E-state index is 12.5. The van der Waals surface area contributed by atoms with E-state index in [0.717, 1.165) is 0 Å². The number of H-pyrrole nitrogens is 1. The highest BCUT2D eigenvalue weighted by Gasteiger charge is 2.16. The van der Waals surface area contributed by atoms with E-state index in [-0.39, 0.29) is 0 Å². The fourth-order valence-electron chi connectivity index (χ4n) is 0.689. The van der Waals surface area contributed by atoms with Crippen LogP contribution in [-0.2, 0) is 0 Å². The molecule has 1 heterocycles. The van der Waals surface area contributed by atoms with Gasteiger partial charge in [-0.3, -0.25) is 9.78 Å². The van der Waals surface area contributed by atoms with E-state index >= 15 is 0 Å². The van der Waals surface area contributed by atoms with Crippen molar-refractivity contribution in [2.45, 2.75) is 6.43 Å². The lowest BCUT2D eigenvalue weighted by atomic mass is 10.3. The van der Waals surface area contributed by atoms with Crippen molar-refractivity contribution >= 4 is 11.6 Å². The summed E-state index contributed by atoms with van der Waals surface area (Å²) >= 11 is 5.14. The van der Waals surface area contributed by atoms with Crippen LogP contribution in [0.5, 0.6) is 0 Å². The summed E-state index contributed by atoms with van der Waals surface area (Å²) < 4.78 is 36.4. The van der Waals surface area contributed by atoms with E-state index in [1.165, 1.54) is 0 Å². The average Bonchev–Trinajstić information content (AvgIpc) is 1.96. The zero-order chi connectivity index (χ0) is 9.30. The lowest BCUT2D eigenvalue weighted by molar-refractivity contribution is 0.150. The van der Waals surface area contributed by atoms with Gasteiger partial charge in [-0.2, -0.15) is 4.39 Å². The van der Waals surface area contributed by atoms with Crippen LogP contribution in [0.1, 0.15) is 12.0 Å². The van der Waals surface area contributed by atoms with Gasteiger partial charge in [-0.05, 0) is 0 Å². The molecule has 1 aromatic rings. The van der Waals surface area contributed by atoms with E-state index in [1.54, 1.807) is 4.98 Å². The van der Waals surface area contributed by atoms with Gasteiger partial charge in [-0.1, -0.05) is 11.6 Å². The van der Waals surface area contributed by atoms with E-state index in [9.17, 15) is 18.0 Å². The Morgan fingerprint density at radius 3 is 2.58 bits per heavy atom. The number of nitrogens with one attached hydrogen (secondary N) is 1. The molecule has 1 N–H and O–H groups in total. The highest BCUT2D eigenvalue weighted by atomic mass is 35.5. The Hall–Kier alpha value is -0.970. The number of pyridine rings is 1. The second kappa shape index (κ2) is 3.18. The summed E-state index contributed by atoms with van der Waals surface area (Å²) in [6.07, 6.45) is -2.95. The summed E-state index contributed by atoms with van der Waals surface area (Å²) in [5.41, 5.74) is -1.73. The van der Waals surface area contributed by atoms with E-state index in [0.29, 0.717) is 6.07 Å². The van der Waals surface area contributed by atoms with Gasteiger partial charge in [0.15, 0.2) is 0 Å². The molecular formula is C6H3ClF3NO. The molecule has 0 saturated carbocycles. The molecule has 0 spiro atoms. The van der Waals surface area contributed by atoms with Gasteiger partial charge in [-0.15, -0.1) is 0 Å². The highest BCUT2D eigenvalue weighted by Crippen LogP contribution is 2.26. The molecule has 0 fully saturated rings. The Morgan fingerprint density at radius 2 is 2.08 bits per heavy atom. The minimum atomic E-state index is -2.95. The Kier molecular flexibility index (Phi) is 2.42. The van der Waals surface area contributed by atoms with Crippen molar-refractivity contribution in [3.05, 3.63) is 33.0 Å². The largest absolute Gasteiger partial charge is 0.298 e. The fourth-order valence-corrected chi connectivity index (χ4v) is 0.874. The van der Waals surface area contributed by atoms with Gasteiger partial charge in [0.25, 0.3) is 12.0 Å². The Bertz CT molecular complexity index is 349. The first-order chi connectivity index (χ1) is 5.52. The molecule has 0 aliphatic carbocycles. The van der Waals surface area contributed by atoms with Gasteiger partial charge in [0.2, 0.25) is 5.95 Å². The summed E-state index contributed by atoms with van der Waals surface area (Å²) in [4.78, 5) is 12.1. The number of hydrogen-bond donors (Lipinski definition) is 1. The molecule has 0 bridgehead atoms. The van der Waals surface area contributed by atoms with Gasteiger partial charge in [0.1, 0.15) is 5.02 Å². The molecule has 0 atom stereocenters. The van der Waals surface area contributed by atoms with Crippen LogP contribution in [0.25, 0.3) is 0 Å². The van der Waals surface area contributed by atoms with Crippen LogP contribution in [0.15, 0.2) is 10.9 Å². The summed E-state index contributed by atoms with van der Waals surface area (Å²) in [6.45, 7) is 0. The van der Waals surface area contributed by atoms with Crippen LogP contribution in [-0.4, -0.2) is 4.98 Å². The van der Waals surface area contributed by atoms with Crippen molar-refractivity contribution in [2.75, 3.05) is 0 Å². The van der Waals surface area contributed by atoms with Crippen LogP contribution in [0.4, 0.5) is 13.2 Å². The molecule has 1 aromatic heterocycles. The van der Waals surface area contributed by atoms with Gasteiger partial charge < -0.3 is 0 Å². The zero-order valence-corrected chi connectivity index (χ0v) is 6.33. The number of alkyl halides is 2. The molecule has 0 amide bonds. The molecule has 0 aromatic carbocycles. The summed E-state index contributed by atoms with van der Waals surface area (Å²) in [5, 5.41) is -0.746. The lowest BCUT2D eigenvalue weighted by Crippen LogP contribution is -2.09. The molecule has 66 valence electrons. The van der Waals surface area contributed by atoms with Gasteiger partial charge in [0, 0.05) is 11.6 Å². The molecule has 0 saturated heterocycles. The minimum Gasteiger partial charge on any atom is -0.298 e. The minimum absolute atomic E-state index is 0.566. The SMILES string of the molecule is O=c1cc(C(F)F)c(Cl)c(F)[nH]1. The molecule has 0 radical (unpaired) electrons. The average molecular weight is 198 g/mol. The van der Waals surface area contributed by atoms with Crippen molar-refractivity contribution in [2.24, 2.45) is 0 Å². The summed E-state index contributed by atoms with van der Waals surface area (Å²) in [5.74, 6) is -1.24. The van der Waals surface area contributed by atoms with Crippen molar-refractivity contribution in [1.29, 1.82) is 0 Å². The number of aromatic nitrogens is 1. The third kappa shape index (κ3) is 1.61. The molecule has 0 unspecified atom stereocenters. The van der Waals surface area contributed by atoms with Crippen molar-refractivity contribution < 1.29 is 13.2 Å². The zero-order valence-electron chi connectivity index (χ0n) is 5.57. The summed E-state index contributed by atoms with van der Waals surface area (Å²) in [7, 11) is 0. The quantitative estimate of drug-likeness (QED) is 0.687. The molecular weight excluding hydrogens is 195 g/mol. The van der Waals surface area contributed by atoms with E-state index in [1.807, 2.05) is 0 Å². The molecule has 0 aliphatic rings. The second-order valence-corrected chi connectivity index (χ2v) is 2.40. The topological polar surface area (TPSA) is 32.9 Å². The highest BCUT2D eigenvalue weighted by molar-refractivity contribution is 6.31. The lowest BCUT2D eigenvalue weighted by Gasteiger charge is -2.01. The number of halogens is 4. The Balaban J connectivity index is 3.38. The van der Waals surface area contributed by atoms with Crippen LogP contribution in [0.2, 0.25) is 5.02 Å². The molecule has 12 heavy (non-hydrogen) atoms. The standard InChI is InChI=1S/C6H3ClF3NO/c7-4-2(5(8)9)1-3(12)11-6(4)10/h1,5H,(H,11,12). The second-order valence-electron chi connectivity index (χ2n) is 2.02. The smallest absolute Gasteiger partial charge is 0.265 e. The Morgan fingerprint density at radius 1 is 1.50 bits per heavy atom. The maximum atomic E-state index is 12.5. The predicted octanol–water partition coefficient (Wildman–Crippen LogP) is 2.10. The number of rotatable bonds is 1. The maximum Gasteiger partial charge on any atom is 0.265 e. The monoisotopic (exact) mass is 197 g/mol. The number of aromatic amines is 1. The van der Waals surface area contributed by atoms with Gasteiger partial charge in [0.05, 0.1) is 0 Å². The van der Waals surface area contributed by atoms with Crippen LogP contribution in [0, 0.1) is 5.95 Å². The van der Waals surface area contributed by atoms with Crippen LogP contribution < -0.4 is 5.56 Å². The third-order valence-corrected chi connectivity index (χ3v) is 1.58. The molecule has 1 rings (SSSR count). The van der Waals surface area contributed by atoms with Gasteiger partial charge in [-0.25, -0.2) is 8.78 Å². The van der Waals surface area contributed by atoms with E-state index in [2.05, 4.69) is 0 Å². The van der Waals surface area contributed by atoms with Crippen molar-refractivity contribution in [3.8, 4) is 0 Å². The van der Waals surface area contributed by atoms with E-state index < -0.39 is 28.5 Å². The molecule has 6 heteroatoms. The fraction of sp³-hybridized carbons (Fsp3) is 0.167. The first-order valence-corrected chi connectivity index (χ1v) is 3.26.